The van der Waals surface area contributed by atoms with Crippen LogP contribution in [0.2, 0.25) is 5.02 Å². The van der Waals surface area contributed by atoms with E-state index in [1.165, 1.54) is 5.57 Å². The van der Waals surface area contributed by atoms with Gasteiger partial charge in [-0.05, 0) is 43.5 Å². The van der Waals surface area contributed by atoms with Gasteiger partial charge >= 0.3 is 0 Å². The molecule has 0 saturated heterocycles. The van der Waals surface area contributed by atoms with E-state index in [9.17, 15) is 4.79 Å². The Kier molecular flexibility index (Phi) is 5.43. The normalized spacial score (nSPS) is 18.7. The van der Waals surface area contributed by atoms with Crippen LogP contribution in [0.5, 0.6) is 0 Å². The lowest BCUT2D eigenvalue weighted by Gasteiger charge is -2.24. The van der Waals surface area contributed by atoms with Gasteiger partial charge in [0.2, 0.25) is 5.91 Å². The third kappa shape index (κ3) is 3.86. The molecule has 1 aliphatic heterocycles. The van der Waals surface area contributed by atoms with Gasteiger partial charge in [-0.2, -0.15) is 0 Å². The van der Waals surface area contributed by atoms with E-state index < -0.39 is 0 Å². The minimum atomic E-state index is -0.151. The molecule has 1 heterocycles. The number of allylic oxidation sites excluding steroid dienone is 1. The number of rotatable bonds is 4. The summed E-state index contributed by atoms with van der Waals surface area (Å²) in [6.07, 6.45) is 4.37. The number of fused-ring (bicyclic) bond motifs is 1. The summed E-state index contributed by atoms with van der Waals surface area (Å²) in [7, 11) is 0. The molecule has 4 heteroatoms. The molecule has 0 bridgehead atoms. The second-order valence-corrected chi connectivity index (χ2v) is 5.90. The molecule has 114 valence electrons. The number of nitrogens with zero attached hydrogens (tertiary/aromatic N) is 1. The monoisotopic (exact) mass is 306 g/mol. The van der Waals surface area contributed by atoms with Crippen LogP contribution in [0.4, 0.5) is 5.69 Å². The fraction of sp³-hybridized carbons (Fsp3) is 0.471. The number of hydrogen-bond acceptors (Lipinski definition) is 2. The lowest BCUT2D eigenvalue weighted by Crippen LogP contribution is -2.39. The van der Waals surface area contributed by atoms with Gasteiger partial charge in [0, 0.05) is 23.8 Å². The molecule has 1 aromatic carbocycles. The van der Waals surface area contributed by atoms with Crippen molar-refractivity contribution in [1.82, 2.24) is 4.90 Å². The van der Waals surface area contributed by atoms with Crippen LogP contribution >= 0.6 is 11.6 Å². The summed E-state index contributed by atoms with van der Waals surface area (Å²) in [5.41, 5.74) is 3.37. The number of benzene rings is 1. The second kappa shape index (κ2) is 7.10. The third-order valence-corrected chi connectivity index (χ3v) is 4.38. The zero-order valence-corrected chi connectivity index (χ0v) is 13.7. The molecule has 1 aromatic rings. The van der Waals surface area contributed by atoms with Crippen molar-refractivity contribution < 1.29 is 4.79 Å². The van der Waals surface area contributed by atoms with Gasteiger partial charge < -0.3 is 5.32 Å². The zero-order chi connectivity index (χ0) is 15.4. The summed E-state index contributed by atoms with van der Waals surface area (Å²) in [4.78, 5) is 14.4. The highest BCUT2D eigenvalue weighted by atomic mass is 35.5. The summed E-state index contributed by atoms with van der Waals surface area (Å²) in [6.45, 7) is 7.81. The maximum atomic E-state index is 12.2. The van der Waals surface area contributed by atoms with Gasteiger partial charge in [-0.15, -0.1) is 0 Å². The molecule has 1 unspecified atom stereocenters. The Labute approximate surface area is 132 Å². The lowest BCUT2D eigenvalue weighted by molar-refractivity contribution is -0.120. The number of hydrogen-bond donors (Lipinski definition) is 1. The van der Waals surface area contributed by atoms with Crippen molar-refractivity contribution in [1.29, 1.82) is 0 Å². The molecule has 2 rings (SSSR count). The molecule has 0 saturated carbocycles. The minimum absolute atomic E-state index is 0.0408. The van der Waals surface area contributed by atoms with Gasteiger partial charge in [-0.1, -0.05) is 37.1 Å². The van der Waals surface area contributed by atoms with Crippen molar-refractivity contribution in [3.63, 3.8) is 0 Å². The summed E-state index contributed by atoms with van der Waals surface area (Å²) in [5.74, 6) is 0.0408. The van der Waals surface area contributed by atoms with Crippen molar-refractivity contribution in [2.24, 2.45) is 0 Å². The van der Waals surface area contributed by atoms with Crippen molar-refractivity contribution in [3.8, 4) is 0 Å². The van der Waals surface area contributed by atoms with E-state index in [2.05, 4.69) is 30.1 Å². The first kappa shape index (κ1) is 16.1. The third-order valence-electron chi connectivity index (χ3n) is 4.15. The minimum Gasteiger partial charge on any atom is -0.324 e. The quantitative estimate of drug-likeness (QED) is 0.844. The molecule has 21 heavy (non-hydrogen) atoms. The molecule has 1 amide bonds. The van der Waals surface area contributed by atoms with E-state index in [1.807, 2.05) is 25.1 Å². The van der Waals surface area contributed by atoms with E-state index in [4.69, 9.17) is 11.6 Å². The molecule has 3 nitrogen and oxygen atoms in total. The molecule has 0 radical (unpaired) electrons. The average molecular weight is 307 g/mol. The Morgan fingerprint density at radius 2 is 2.14 bits per heavy atom. The highest BCUT2D eigenvalue weighted by molar-refractivity contribution is 6.30. The highest BCUT2D eigenvalue weighted by Gasteiger charge is 2.26. The SMILES string of the molecule is CCC(=CCN1Cc2cc(Cl)ccc2NC(=O)C1C)CC. The Morgan fingerprint density at radius 3 is 2.81 bits per heavy atom. The van der Waals surface area contributed by atoms with Crippen LogP contribution in [0.3, 0.4) is 0 Å². The number of amides is 1. The van der Waals surface area contributed by atoms with Crippen LogP contribution in [-0.4, -0.2) is 23.4 Å². The lowest BCUT2D eigenvalue weighted by atomic mass is 10.1. The van der Waals surface area contributed by atoms with Gasteiger partial charge in [0.15, 0.2) is 0 Å². The first-order valence-corrected chi connectivity index (χ1v) is 7.94. The summed E-state index contributed by atoms with van der Waals surface area (Å²) >= 11 is 6.08. The maximum Gasteiger partial charge on any atom is 0.241 e. The number of carbonyl (C=O) groups is 1. The van der Waals surface area contributed by atoms with E-state index in [1.54, 1.807) is 0 Å². The van der Waals surface area contributed by atoms with Crippen LogP contribution in [0.1, 0.15) is 39.2 Å². The first-order chi connectivity index (χ1) is 10.0. The Hall–Kier alpha value is -1.32. The summed E-state index contributed by atoms with van der Waals surface area (Å²) in [6, 6.07) is 5.48. The Balaban J connectivity index is 2.24. The Morgan fingerprint density at radius 1 is 1.43 bits per heavy atom. The smallest absolute Gasteiger partial charge is 0.241 e. The average Bonchev–Trinajstić information content (AvgIpc) is 2.59. The topological polar surface area (TPSA) is 32.3 Å². The summed E-state index contributed by atoms with van der Waals surface area (Å²) < 4.78 is 0. The van der Waals surface area contributed by atoms with Gasteiger partial charge in [-0.25, -0.2) is 0 Å². The largest absolute Gasteiger partial charge is 0.324 e. The fourth-order valence-corrected chi connectivity index (χ4v) is 2.78. The molecule has 0 aromatic heterocycles. The van der Waals surface area contributed by atoms with Crippen molar-refractivity contribution in [3.05, 3.63) is 40.4 Å². The standard InChI is InChI=1S/C17H23ClN2O/c1-4-13(5-2)8-9-20-11-14-10-15(18)6-7-16(14)19-17(21)12(20)3/h6-8,10,12H,4-5,9,11H2,1-3H3,(H,19,21). The van der Waals surface area contributed by atoms with Crippen LogP contribution in [0.25, 0.3) is 0 Å². The van der Waals surface area contributed by atoms with Gasteiger partial charge in [0.1, 0.15) is 0 Å². The highest BCUT2D eigenvalue weighted by Crippen LogP contribution is 2.26. The summed E-state index contributed by atoms with van der Waals surface area (Å²) in [5, 5.41) is 3.69. The second-order valence-electron chi connectivity index (χ2n) is 5.47. The molecule has 0 aliphatic carbocycles. The predicted molar refractivity (Wildman–Crippen MR) is 88.6 cm³/mol. The van der Waals surface area contributed by atoms with E-state index >= 15 is 0 Å². The molecular weight excluding hydrogens is 284 g/mol. The van der Waals surface area contributed by atoms with E-state index in [-0.39, 0.29) is 11.9 Å². The van der Waals surface area contributed by atoms with Crippen molar-refractivity contribution in [2.45, 2.75) is 46.2 Å². The van der Waals surface area contributed by atoms with Crippen LogP contribution < -0.4 is 5.32 Å². The van der Waals surface area contributed by atoms with Gasteiger partial charge in [0.25, 0.3) is 0 Å². The zero-order valence-electron chi connectivity index (χ0n) is 12.9. The molecule has 1 aliphatic rings. The van der Waals surface area contributed by atoms with Crippen LogP contribution in [-0.2, 0) is 11.3 Å². The molecule has 1 atom stereocenters. The molecule has 1 N–H and O–H groups in total. The predicted octanol–water partition coefficient (Wildman–Crippen LogP) is 4.23. The van der Waals surface area contributed by atoms with Gasteiger partial charge in [0.05, 0.1) is 6.04 Å². The fourth-order valence-electron chi connectivity index (χ4n) is 2.58. The van der Waals surface area contributed by atoms with Crippen LogP contribution in [0, 0.1) is 0 Å². The maximum absolute atomic E-state index is 12.2. The number of halogens is 1. The van der Waals surface area contributed by atoms with E-state index in [0.29, 0.717) is 5.02 Å². The van der Waals surface area contributed by atoms with Crippen molar-refractivity contribution >= 4 is 23.2 Å². The molecule has 0 spiro atoms. The number of anilines is 1. The van der Waals surface area contributed by atoms with E-state index in [0.717, 1.165) is 37.2 Å². The van der Waals surface area contributed by atoms with Crippen molar-refractivity contribution in [2.75, 3.05) is 11.9 Å². The number of carbonyl (C=O) groups excluding carboxylic acids is 1. The molecular formula is C17H23ClN2O. The molecule has 0 fully saturated rings. The number of nitrogens with one attached hydrogen (secondary N) is 1. The Bertz CT molecular complexity index is 548. The van der Waals surface area contributed by atoms with Gasteiger partial charge in [-0.3, -0.25) is 9.69 Å². The van der Waals surface area contributed by atoms with Crippen LogP contribution in [0.15, 0.2) is 29.8 Å². The first-order valence-electron chi connectivity index (χ1n) is 7.56.